The normalized spacial score (nSPS) is 22.4. The molecule has 1 aliphatic carbocycles. The van der Waals surface area contributed by atoms with E-state index in [2.05, 4.69) is 48.6 Å². The zero-order valence-corrected chi connectivity index (χ0v) is 17.2. The number of rotatable bonds is 7. The SMILES string of the molecule is Cc1cccc(C[C@@H]2C[C@@H](c3cccc(OCOC4CCCC4)c3)CNC2=O)c1. The Morgan fingerprint density at radius 1 is 1.07 bits per heavy atom. The minimum absolute atomic E-state index is 0.00539. The number of amides is 1. The van der Waals surface area contributed by atoms with Crippen LogP contribution in [0.25, 0.3) is 0 Å². The van der Waals surface area contributed by atoms with Gasteiger partial charge >= 0.3 is 0 Å². The van der Waals surface area contributed by atoms with Gasteiger partial charge in [-0.2, -0.15) is 0 Å². The number of hydrogen-bond acceptors (Lipinski definition) is 3. The first kappa shape index (κ1) is 20.0. The maximum Gasteiger partial charge on any atom is 0.223 e. The average Bonchev–Trinajstić information content (AvgIpc) is 3.23. The van der Waals surface area contributed by atoms with E-state index in [-0.39, 0.29) is 11.8 Å². The van der Waals surface area contributed by atoms with Gasteiger partial charge in [0.25, 0.3) is 0 Å². The first-order chi connectivity index (χ1) is 14.2. The van der Waals surface area contributed by atoms with Crippen LogP contribution in [0.4, 0.5) is 0 Å². The Hall–Kier alpha value is -2.33. The molecule has 0 bridgehead atoms. The molecule has 1 saturated heterocycles. The minimum atomic E-state index is 0.00539. The molecule has 4 rings (SSSR count). The van der Waals surface area contributed by atoms with Crippen molar-refractivity contribution in [3.05, 3.63) is 65.2 Å². The summed E-state index contributed by atoms with van der Waals surface area (Å²) < 4.78 is 11.7. The highest BCUT2D eigenvalue weighted by Gasteiger charge is 2.29. The molecule has 1 saturated carbocycles. The van der Waals surface area contributed by atoms with E-state index in [1.807, 2.05) is 12.1 Å². The Morgan fingerprint density at radius 3 is 2.72 bits per heavy atom. The van der Waals surface area contributed by atoms with Crippen molar-refractivity contribution >= 4 is 5.91 Å². The van der Waals surface area contributed by atoms with Gasteiger partial charge in [0.1, 0.15) is 5.75 Å². The molecular formula is C25H31NO3. The van der Waals surface area contributed by atoms with Crippen molar-refractivity contribution in [2.45, 2.75) is 57.5 Å². The molecule has 1 heterocycles. The molecule has 0 unspecified atom stereocenters. The standard InChI is InChI=1S/C25H31NO3/c1-18-6-4-7-19(12-18)13-21-14-22(16-26-25(21)27)20-8-5-11-24(15-20)29-17-28-23-9-2-3-10-23/h4-8,11-12,15,21-23H,2-3,9-10,13-14,16-17H2,1H3,(H,26,27)/t21-,22-/m1/s1. The number of carbonyl (C=O) groups excluding carboxylic acids is 1. The second-order valence-corrected chi connectivity index (χ2v) is 8.48. The molecule has 2 aliphatic rings. The summed E-state index contributed by atoms with van der Waals surface area (Å²) in [6, 6.07) is 16.7. The van der Waals surface area contributed by atoms with Gasteiger partial charge in [0.05, 0.1) is 6.10 Å². The number of nitrogens with one attached hydrogen (secondary N) is 1. The third-order valence-electron chi connectivity index (χ3n) is 6.19. The molecule has 2 aromatic rings. The molecule has 1 N–H and O–H groups in total. The van der Waals surface area contributed by atoms with Gasteiger partial charge in [-0.15, -0.1) is 0 Å². The summed E-state index contributed by atoms with van der Waals surface area (Å²) in [6.45, 7) is 3.09. The fourth-order valence-corrected chi connectivity index (χ4v) is 4.57. The Morgan fingerprint density at radius 2 is 1.90 bits per heavy atom. The van der Waals surface area contributed by atoms with Crippen LogP contribution in [-0.2, 0) is 16.0 Å². The molecular weight excluding hydrogens is 362 g/mol. The average molecular weight is 394 g/mol. The van der Waals surface area contributed by atoms with Gasteiger partial charge in [-0.25, -0.2) is 0 Å². The van der Waals surface area contributed by atoms with Crippen molar-refractivity contribution in [1.29, 1.82) is 0 Å². The van der Waals surface area contributed by atoms with Crippen LogP contribution < -0.4 is 10.1 Å². The summed E-state index contributed by atoms with van der Waals surface area (Å²) >= 11 is 0. The lowest BCUT2D eigenvalue weighted by atomic mass is 9.82. The first-order valence-electron chi connectivity index (χ1n) is 10.8. The van der Waals surface area contributed by atoms with Gasteiger partial charge < -0.3 is 14.8 Å². The predicted molar refractivity (Wildman–Crippen MR) is 114 cm³/mol. The second-order valence-electron chi connectivity index (χ2n) is 8.48. The van der Waals surface area contributed by atoms with E-state index in [9.17, 15) is 4.79 Å². The molecule has 4 heteroatoms. The molecule has 1 amide bonds. The molecule has 2 aromatic carbocycles. The minimum Gasteiger partial charge on any atom is -0.468 e. The monoisotopic (exact) mass is 393 g/mol. The smallest absolute Gasteiger partial charge is 0.223 e. The van der Waals surface area contributed by atoms with Crippen LogP contribution in [-0.4, -0.2) is 25.3 Å². The van der Waals surface area contributed by atoms with Crippen molar-refractivity contribution < 1.29 is 14.3 Å². The van der Waals surface area contributed by atoms with E-state index in [1.165, 1.54) is 29.5 Å². The lowest BCUT2D eigenvalue weighted by Gasteiger charge is -2.30. The van der Waals surface area contributed by atoms with E-state index in [0.29, 0.717) is 25.4 Å². The van der Waals surface area contributed by atoms with Gasteiger partial charge in [-0.1, -0.05) is 54.8 Å². The van der Waals surface area contributed by atoms with E-state index in [1.54, 1.807) is 0 Å². The predicted octanol–water partition coefficient (Wildman–Crippen LogP) is 4.75. The fourth-order valence-electron chi connectivity index (χ4n) is 4.57. The summed E-state index contributed by atoms with van der Waals surface area (Å²) in [5.41, 5.74) is 3.68. The Labute approximate surface area is 173 Å². The molecule has 154 valence electrons. The van der Waals surface area contributed by atoms with E-state index in [4.69, 9.17) is 9.47 Å². The molecule has 1 aliphatic heterocycles. The van der Waals surface area contributed by atoms with Gasteiger partial charge in [0.2, 0.25) is 5.91 Å². The Balaban J connectivity index is 1.36. The van der Waals surface area contributed by atoms with E-state index < -0.39 is 0 Å². The van der Waals surface area contributed by atoms with Crippen LogP contribution in [0.2, 0.25) is 0 Å². The van der Waals surface area contributed by atoms with E-state index in [0.717, 1.165) is 31.4 Å². The quantitative estimate of drug-likeness (QED) is 0.691. The van der Waals surface area contributed by atoms with Gasteiger partial charge in [0.15, 0.2) is 6.79 Å². The van der Waals surface area contributed by atoms with Gasteiger partial charge in [-0.05, 0) is 55.9 Å². The van der Waals surface area contributed by atoms with Crippen molar-refractivity contribution in [2.75, 3.05) is 13.3 Å². The van der Waals surface area contributed by atoms with Crippen molar-refractivity contribution in [3.63, 3.8) is 0 Å². The number of piperidine rings is 1. The first-order valence-corrected chi connectivity index (χ1v) is 10.8. The molecule has 0 aromatic heterocycles. The summed E-state index contributed by atoms with van der Waals surface area (Å²) in [6.07, 6.45) is 6.82. The summed E-state index contributed by atoms with van der Waals surface area (Å²) in [7, 11) is 0. The van der Waals surface area contributed by atoms with Crippen LogP contribution in [0.1, 0.15) is 54.7 Å². The van der Waals surface area contributed by atoms with Crippen LogP contribution in [0.3, 0.4) is 0 Å². The van der Waals surface area contributed by atoms with Crippen LogP contribution in [0, 0.1) is 12.8 Å². The lowest BCUT2D eigenvalue weighted by Crippen LogP contribution is -2.41. The number of ether oxygens (including phenoxy) is 2. The molecule has 0 spiro atoms. The largest absolute Gasteiger partial charge is 0.468 e. The zero-order valence-electron chi connectivity index (χ0n) is 17.2. The maximum absolute atomic E-state index is 12.4. The number of carbonyl (C=O) groups is 1. The Bertz CT molecular complexity index is 828. The number of benzene rings is 2. The number of aryl methyl sites for hydroxylation is 1. The van der Waals surface area contributed by atoms with E-state index >= 15 is 0 Å². The molecule has 29 heavy (non-hydrogen) atoms. The lowest BCUT2D eigenvalue weighted by molar-refractivity contribution is -0.126. The summed E-state index contributed by atoms with van der Waals surface area (Å²) in [5, 5.41) is 3.11. The van der Waals surface area contributed by atoms with Gasteiger partial charge in [-0.3, -0.25) is 4.79 Å². The highest BCUT2D eigenvalue weighted by Crippen LogP contribution is 2.31. The van der Waals surface area contributed by atoms with Crippen molar-refractivity contribution in [3.8, 4) is 5.75 Å². The number of hydrogen-bond donors (Lipinski definition) is 1. The topological polar surface area (TPSA) is 47.6 Å². The third-order valence-corrected chi connectivity index (χ3v) is 6.19. The van der Waals surface area contributed by atoms with Gasteiger partial charge in [0, 0.05) is 18.4 Å². The highest BCUT2D eigenvalue weighted by atomic mass is 16.7. The highest BCUT2D eigenvalue weighted by molar-refractivity contribution is 5.80. The summed E-state index contributed by atoms with van der Waals surface area (Å²) in [4.78, 5) is 12.4. The maximum atomic E-state index is 12.4. The van der Waals surface area contributed by atoms with Crippen LogP contribution >= 0.6 is 0 Å². The van der Waals surface area contributed by atoms with Crippen LogP contribution in [0.5, 0.6) is 5.75 Å². The van der Waals surface area contributed by atoms with Crippen LogP contribution in [0.15, 0.2) is 48.5 Å². The van der Waals surface area contributed by atoms with Crippen molar-refractivity contribution in [1.82, 2.24) is 5.32 Å². The molecule has 0 radical (unpaired) electrons. The summed E-state index contributed by atoms with van der Waals surface area (Å²) in [5.74, 6) is 1.32. The molecule has 2 atom stereocenters. The fraction of sp³-hybridized carbons (Fsp3) is 0.480. The Kier molecular flexibility index (Phi) is 6.50. The third kappa shape index (κ3) is 5.39. The zero-order chi connectivity index (χ0) is 20.1. The second kappa shape index (κ2) is 9.45. The molecule has 2 fully saturated rings. The molecule has 4 nitrogen and oxygen atoms in total. The van der Waals surface area contributed by atoms with Crippen molar-refractivity contribution in [2.24, 2.45) is 5.92 Å².